The molecule has 2 N–H and O–H groups in total. The molecule has 0 spiro atoms. The van der Waals surface area contributed by atoms with Crippen LogP contribution in [0, 0.1) is 0 Å². The highest BCUT2D eigenvalue weighted by Gasteiger charge is 2.17. The van der Waals surface area contributed by atoms with Crippen molar-refractivity contribution >= 4 is 28.7 Å². The fourth-order valence-electron chi connectivity index (χ4n) is 2.86. The predicted octanol–water partition coefficient (Wildman–Crippen LogP) is 2.45. The SMILES string of the molecule is O=C(/C=C/c1ccco1)NNC(=O)c1nn(-c2ccccc2)c(=O)c2ccccc12. The van der Waals surface area contributed by atoms with E-state index in [1.807, 2.05) is 6.07 Å². The third-order valence-corrected chi connectivity index (χ3v) is 4.26. The van der Waals surface area contributed by atoms with Gasteiger partial charge in [0.25, 0.3) is 17.4 Å². The van der Waals surface area contributed by atoms with E-state index >= 15 is 0 Å². The van der Waals surface area contributed by atoms with Crippen molar-refractivity contribution < 1.29 is 14.0 Å². The maximum Gasteiger partial charge on any atom is 0.290 e. The third-order valence-electron chi connectivity index (χ3n) is 4.26. The number of benzene rings is 2. The van der Waals surface area contributed by atoms with Crippen molar-refractivity contribution in [2.75, 3.05) is 0 Å². The first-order valence-corrected chi connectivity index (χ1v) is 9.03. The second kappa shape index (κ2) is 8.27. The molecule has 8 heteroatoms. The lowest BCUT2D eigenvalue weighted by molar-refractivity contribution is -0.117. The van der Waals surface area contributed by atoms with Crippen molar-refractivity contribution in [2.24, 2.45) is 0 Å². The molecule has 0 unspecified atom stereocenters. The van der Waals surface area contributed by atoms with Crippen molar-refractivity contribution in [1.82, 2.24) is 20.6 Å². The van der Waals surface area contributed by atoms with Gasteiger partial charge in [-0.3, -0.25) is 25.2 Å². The first-order valence-electron chi connectivity index (χ1n) is 9.03. The van der Waals surface area contributed by atoms with Crippen LogP contribution in [0.5, 0.6) is 0 Å². The first kappa shape index (κ1) is 18.9. The van der Waals surface area contributed by atoms with Crippen LogP contribution in [0.1, 0.15) is 16.2 Å². The molecule has 0 saturated heterocycles. The minimum Gasteiger partial charge on any atom is -0.465 e. The minimum absolute atomic E-state index is 0.00404. The van der Waals surface area contributed by atoms with Crippen molar-refractivity contribution in [3.8, 4) is 5.69 Å². The van der Waals surface area contributed by atoms with Gasteiger partial charge in [-0.05, 0) is 36.4 Å². The van der Waals surface area contributed by atoms with E-state index in [-0.39, 0.29) is 11.3 Å². The largest absolute Gasteiger partial charge is 0.465 e. The van der Waals surface area contributed by atoms with Gasteiger partial charge in [0.05, 0.1) is 17.3 Å². The smallest absolute Gasteiger partial charge is 0.290 e. The van der Waals surface area contributed by atoms with E-state index in [1.54, 1.807) is 60.7 Å². The molecule has 4 rings (SSSR count). The molecule has 0 bridgehead atoms. The Balaban J connectivity index is 1.63. The number of nitrogens with one attached hydrogen (secondary N) is 2. The number of carbonyl (C=O) groups excluding carboxylic acids is 2. The summed E-state index contributed by atoms with van der Waals surface area (Å²) in [7, 11) is 0. The average molecular weight is 400 g/mol. The number of para-hydroxylation sites is 1. The number of hydrogen-bond donors (Lipinski definition) is 2. The summed E-state index contributed by atoms with van der Waals surface area (Å²) >= 11 is 0. The van der Waals surface area contributed by atoms with Crippen LogP contribution in [0.3, 0.4) is 0 Å². The Hall–Kier alpha value is -4.46. The Morgan fingerprint density at radius 1 is 0.900 bits per heavy atom. The predicted molar refractivity (Wildman–Crippen MR) is 111 cm³/mol. The standard InChI is InChI=1S/C22H16N4O4/c27-19(13-12-16-9-6-14-30-16)23-24-21(28)20-17-10-4-5-11-18(17)22(29)26(25-20)15-7-2-1-3-8-15/h1-14H,(H,23,27)(H,24,28)/b13-12+. The van der Waals surface area contributed by atoms with E-state index < -0.39 is 11.8 Å². The van der Waals surface area contributed by atoms with E-state index in [2.05, 4.69) is 16.0 Å². The zero-order valence-electron chi connectivity index (χ0n) is 15.6. The molecule has 0 fully saturated rings. The summed E-state index contributed by atoms with van der Waals surface area (Å²) in [6.07, 6.45) is 4.16. The molecular formula is C22H16N4O4. The van der Waals surface area contributed by atoms with Crippen LogP contribution in [0.4, 0.5) is 0 Å². The molecule has 0 aliphatic rings. The Labute approximate surface area is 170 Å². The van der Waals surface area contributed by atoms with Crippen LogP contribution < -0.4 is 16.4 Å². The van der Waals surface area contributed by atoms with E-state index in [4.69, 9.17) is 4.42 Å². The normalized spacial score (nSPS) is 10.9. The van der Waals surface area contributed by atoms with Gasteiger partial charge in [0.15, 0.2) is 5.69 Å². The number of fused-ring (bicyclic) bond motifs is 1. The maximum atomic E-state index is 12.8. The number of hydrogen-bond acceptors (Lipinski definition) is 5. The fraction of sp³-hybridized carbons (Fsp3) is 0. The maximum absolute atomic E-state index is 12.8. The van der Waals surface area contributed by atoms with Crippen LogP contribution in [-0.4, -0.2) is 21.6 Å². The lowest BCUT2D eigenvalue weighted by Gasteiger charge is -2.11. The number of amides is 2. The topological polar surface area (TPSA) is 106 Å². The highest BCUT2D eigenvalue weighted by Crippen LogP contribution is 2.15. The molecule has 2 aromatic heterocycles. The van der Waals surface area contributed by atoms with Gasteiger partial charge in [-0.2, -0.15) is 9.78 Å². The average Bonchev–Trinajstić information content (AvgIpc) is 3.31. The molecule has 4 aromatic rings. The monoisotopic (exact) mass is 400 g/mol. The number of hydrazine groups is 1. The van der Waals surface area contributed by atoms with Crippen molar-refractivity contribution in [3.63, 3.8) is 0 Å². The number of nitrogens with zero attached hydrogens (tertiary/aromatic N) is 2. The summed E-state index contributed by atoms with van der Waals surface area (Å²) in [6, 6.07) is 18.8. The molecule has 0 aliphatic heterocycles. The van der Waals surface area contributed by atoms with E-state index in [0.29, 0.717) is 22.2 Å². The summed E-state index contributed by atoms with van der Waals surface area (Å²) < 4.78 is 6.26. The lowest BCUT2D eigenvalue weighted by Crippen LogP contribution is -2.42. The summed E-state index contributed by atoms with van der Waals surface area (Å²) in [5.41, 5.74) is 4.79. The van der Waals surface area contributed by atoms with Gasteiger partial charge in [0, 0.05) is 11.5 Å². The second-order valence-corrected chi connectivity index (χ2v) is 6.24. The fourth-order valence-corrected chi connectivity index (χ4v) is 2.86. The van der Waals surface area contributed by atoms with Crippen LogP contribution >= 0.6 is 0 Å². The zero-order chi connectivity index (χ0) is 20.9. The Morgan fingerprint density at radius 2 is 1.63 bits per heavy atom. The highest BCUT2D eigenvalue weighted by molar-refractivity contribution is 6.05. The van der Waals surface area contributed by atoms with Gasteiger partial charge < -0.3 is 4.42 Å². The van der Waals surface area contributed by atoms with Gasteiger partial charge in [-0.15, -0.1) is 0 Å². The van der Waals surface area contributed by atoms with Gasteiger partial charge in [-0.1, -0.05) is 36.4 Å². The second-order valence-electron chi connectivity index (χ2n) is 6.24. The molecule has 30 heavy (non-hydrogen) atoms. The van der Waals surface area contributed by atoms with Crippen molar-refractivity contribution in [2.45, 2.75) is 0 Å². The van der Waals surface area contributed by atoms with Crippen LogP contribution in [0.25, 0.3) is 22.5 Å². The summed E-state index contributed by atoms with van der Waals surface area (Å²) in [5, 5.41) is 4.96. The van der Waals surface area contributed by atoms with E-state index in [0.717, 1.165) is 4.68 Å². The van der Waals surface area contributed by atoms with Gasteiger partial charge in [0.1, 0.15) is 5.76 Å². The van der Waals surface area contributed by atoms with Gasteiger partial charge in [0.2, 0.25) is 0 Å². The molecule has 8 nitrogen and oxygen atoms in total. The summed E-state index contributed by atoms with van der Waals surface area (Å²) in [4.78, 5) is 37.5. The summed E-state index contributed by atoms with van der Waals surface area (Å²) in [6.45, 7) is 0. The lowest BCUT2D eigenvalue weighted by atomic mass is 10.1. The highest BCUT2D eigenvalue weighted by atomic mass is 16.3. The third kappa shape index (κ3) is 3.88. The number of carbonyl (C=O) groups is 2. The number of aromatic nitrogens is 2. The molecule has 2 heterocycles. The molecule has 148 valence electrons. The molecule has 0 atom stereocenters. The molecule has 2 aromatic carbocycles. The molecule has 2 amide bonds. The first-order chi connectivity index (χ1) is 14.6. The van der Waals surface area contributed by atoms with Crippen LogP contribution in [0.15, 0.2) is 88.3 Å². The van der Waals surface area contributed by atoms with Gasteiger partial charge >= 0.3 is 0 Å². The van der Waals surface area contributed by atoms with Crippen LogP contribution in [0.2, 0.25) is 0 Å². The number of furan rings is 1. The van der Waals surface area contributed by atoms with E-state index in [9.17, 15) is 14.4 Å². The van der Waals surface area contributed by atoms with Crippen molar-refractivity contribution in [3.05, 3.63) is 101 Å². The minimum atomic E-state index is -0.657. The van der Waals surface area contributed by atoms with Crippen molar-refractivity contribution in [1.29, 1.82) is 0 Å². The zero-order valence-corrected chi connectivity index (χ0v) is 15.6. The van der Waals surface area contributed by atoms with Gasteiger partial charge in [-0.25, -0.2) is 0 Å². The van der Waals surface area contributed by atoms with Crippen LogP contribution in [-0.2, 0) is 4.79 Å². The molecule has 0 aliphatic carbocycles. The quantitative estimate of drug-likeness (QED) is 0.404. The Kier molecular flexibility index (Phi) is 5.21. The Bertz CT molecular complexity index is 1290. The van der Waals surface area contributed by atoms with E-state index in [1.165, 1.54) is 18.4 Å². The molecular weight excluding hydrogens is 384 g/mol. The Morgan fingerprint density at radius 3 is 2.37 bits per heavy atom. The summed E-state index contributed by atoms with van der Waals surface area (Å²) in [5.74, 6) is -0.713. The molecule has 0 saturated carbocycles. The molecule has 0 radical (unpaired) electrons. The number of rotatable bonds is 4.